The number of nitrogens with one attached hydrogen (secondary N) is 1. The maximum atomic E-state index is 12.6. The van der Waals surface area contributed by atoms with Gasteiger partial charge in [-0.25, -0.2) is 19.7 Å². The van der Waals surface area contributed by atoms with Crippen LogP contribution in [0.25, 0.3) is 11.2 Å². The molecular formula is C26H23N5O4. The van der Waals surface area contributed by atoms with Crippen molar-refractivity contribution in [2.75, 3.05) is 18.5 Å². The van der Waals surface area contributed by atoms with E-state index in [4.69, 9.17) is 4.74 Å². The summed E-state index contributed by atoms with van der Waals surface area (Å²) in [5.41, 5.74) is 2.71. The fraction of sp³-hybridized carbons (Fsp3) is 0.192. The highest BCUT2D eigenvalue weighted by Gasteiger charge is 2.46. The molecule has 2 aromatic heterocycles. The summed E-state index contributed by atoms with van der Waals surface area (Å²) in [7, 11) is 0. The fourth-order valence-corrected chi connectivity index (χ4v) is 4.45. The van der Waals surface area contributed by atoms with Crippen LogP contribution in [0.15, 0.2) is 85.5 Å². The second kappa shape index (κ2) is 9.47. The van der Waals surface area contributed by atoms with Crippen LogP contribution in [0.1, 0.15) is 26.8 Å². The van der Waals surface area contributed by atoms with Crippen LogP contribution in [0.4, 0.5) is 5.82 Å². The zero-order valence-electron chi connectivity index (χ0n) is 18.7. The third-order valence-corrected chi connectivity index (χ3v) is 6.32. The molecule has 0 bridgehead atoms. The molecule has 3 atom stereocenters. The molecule has 9 heteroatoms. The molecule has 176 valence electrons. The maximum Gasteiger partial charge on any atom is 0.338 e. The van der Waals surface area contributed by atoms with Crippen molar-refractivity contribution < 1.29 is 19.4 Å². The van der Waals surface area contributed by atoms with Crippen LogP contribution in [-0.2, 0) is 4.74 Å². The number of amides is 1. The van der Waals surface area contributed by atoms with Crippen molar-refractivity contribution in [3.8, 4) is 0 Å². The summed E-state index contributed by atoms with van der Waals surface area (Å²) in [6.07, 6.45) is 2.96. The summed E-state index contributed by atoms with van der Waals surface area (Å²) in [6.45, 7) is 4.18. The van der Waals surface area contributed by atoms with Gasteiger partial charge in [-0.2, -0.15) is 0 Å². The molecule has 1 saturated carbocycles. The SMILES string of the molecule is C=C1[C@@H](n2cnc3c(NC(=O)c4ccccc4)ncnc32)[C@H](CO)[C@H]1COC(=O)c1ccccc1. The fourth-order valence-electron chi connectivity index (χ4n) is 4.45. The first-order valence-corrected chi connectivity index (χ1v) is 11.1. The van der Waals surface area contributed by atoms with Gasteiger partial charge in [-0.05, 0) is 29.8 Å². The number of aliphatic hydroxyl groups excluding tert-OH is 1. The first-order valence-electron chi connectivity index (χ1n) is 11.1. The first-order chi connectivity index (χ1) is 17.1. The van der Waals surface area contributed by atoms with E-state index in [0.29, 0.717) is 28.1 Å². The zero-order chi connectivity index (χ0) is 24.4. The lowest BCUT2D eigenvalue weighted by Crippen LogP contribution is -2.45. The predicted octanol–water partition coefficient (Wildman–Crippen LogP) is 3.27. The number of anilines is 1. The Morgan fingerprint density at radius 1 is 1.00 bits per heavy atom. The summed E-state index contributed by atoms with van der Waals surface area (Å²) in [4.78, 5) is 37.9. The quantitative estimate of drug-likeness (QED) is 0.315. The van der Waals surface area contributed by atoms with E-state index in [-0.39, 0.29) is 37.0 Å². The van der Waals surface area contributed by atoms with Gasteiger partial charge >= 0.3 is 5.97 Å². The molecule has 35 heavy (non-hydrogen) atoms. The minimum Gasteiger partial charge on any atom is -0.461 e. The number of rotatable bonds is 7. The molecule has 1 amide bonds. The summed E-state index contributed by atoms with van der Waals surface area (Å²) >= 11 is 0. The molecule has 1 aliphatic carbocycles. The maximum absolute atomic E-state index is 12.6. The van der Waals surface area contributed by atoms with E-state index in [1.807, 2.05) is 16.7 Å². The lowest BCUT2D eigenvalue weighted by atomic mass is 9.66. The minimum absolute atomic E-state index is 0.119. The number of imidazole rings is 1. The standard InChI is InChI=1S/C26H23N5O4/c1-16-20(13-35-26(34)18-10-6-3-7-11-18)19(12-32)22(16)31-15-29-21-23(27-14-28-24(21)31)30-25(33)17-8-4-2-5-9-17/h2-11,14-15,19-20,22,32H,1,12-13H2,(H,27,28,30,33)/t19-,20+,22-/m1/s1. The van der Waals surface area contributed by atoms with Crippen LogP contribution >= 0.6 is 0 Å². The van der Waals surface area contributed by atoms with E-state index < -0.39 is 5.97 Å². The van der Waals surface area contributed by atoms with Crippen molar-refractivity contribution in [3.05, 3.63) is 96.6 Å². The Hall–Kier alpha value is -4.37. The minimum atomic E-state index is -0.418. The monoisotopic (exact) mass is 469 g/mol. The number of nitrogens with zero attached hydrogens (tertiary/aromatic N) is 4. The lowest BCUT2D eigenvalue weighted by Gasteiger charge is -2.46. The number of hydrogen-bond acceptors (Lipinski definition) is 7. The van der Waals surface area contributed by atoms with E-state index in [2.05, 4.69) is 26.8 Å². The van der Waals surface area contributed by atoms with E-state index in [1.54, 1.807) is 54.9 Å². The molecule has 2 heterocycles. The molecule has 5 rings (SSSR count). The van der Waals surface area contributed by atoms with Crippen molar-refractivity contribution in [1.29, 1.82) is 0 Å². The number of aromatic nitrogens is 4. The summed E-state index contributed by atoms with van der Waals surface area (Å²) in [5, 5.41) is 12.9. The van der Waals surface area contributed by atoms with Crippen molar-refractivity contribution >= 4 is 28.9 Å². The Kier molecular flexibility index (Phi) is 6.07. The average molecular weight is 470 g/mol. The molecule has 9 nitrogen and oxygen atoms in total. The van der Waals surface area contributed by atoms with Crippen LogP contribution < -0.4 is 5.32 Å². The number of benzene rings is 2. The Balaban J connectivity index is 1.33. The third-order valence-electron chi connectivity index (χ3n) is 6.32. The number of fused-ring (bicyclic) bond motifs is 1. The topological polar surface area (TPSA) is 119 Å². The normalized spacial score (nSPS) is 19.2. The Morgan fingerprint density at radius 2 is 1.69 bits per heavy atom. The molecule has 0 saturated heterocycles. The highest BCUT2D eigenvalue weighted by Crippen LogP contribution is 2.49. The first kappa shape index (κ1) is 22.4. The molecule has 0 spiro atoms. The number of esters is 1. The molecule has 4 aromatic rings. The second-order valence-corrected chi connectivity index (χ2v) is 8.30. The Bertz CT molecular complexity index is 1390. The van der Waals surface area contributed by atoms with Gasteiger partial charge in [0.15, 0.2) is 17.0 Å². The van der Waals surface area contributed by atoms with Gasteiger partial charge in [0.2, 0.25) is 0 Å². The van der Waals surface area contributed by atoms with Gasteiger partial charge in [-0.15, -0.1) is 0 Å². The van der Waals surface area contributed by atoms with E-state index >= 15 is 0 Å². The molecule has 1 fully saturated rings. The van der Waals surface area contributed by atoms with Gasteiger partial charge in [0.1, 0.15) is 6.33 Å². The molecule has 0 aliphatic heterocycles. The van der Waals surface area contributed by atoms with Crippen LogP contribution in [0, 0.1) is 11.8 Å². The van der Waals surface area contributed by atoms with E-state index in [9.17, 15) is 14.7 Å². The molecule has 1 aliphatic rings. The van der Waals surface area contributed by atoms with Crippen molar-refractivity contribution in [3.63, 3.8) is 0 Å². The summed E-state index contributed by atoms with van der Waals surface area (Å²) in [5.74, 6) is -0.865. The molecule has 2 N–H and O–H groups in total. The second-order valence-electron chi connectivity index (χ2n) is 8.30. The average Bonchev–Trinajstić information content (AvgIpc) is 3.32. The van der Waals surface area contributed by atoms with Crippen LogP contribution in [0.2, 0.25) is 0 Å². The highest BCUT2D eigenvalue weighted by atomic mass is 16.5. The van der Waals surface area contributed by atoms with Gasteiger partial charge in [0, 0.05) is 24.0 Å². The Morgan fingerprint density at radius 3 is 2.37 bits per heavy atom. The van der Waals surface area contributed by atoms with Gasteiger partial charge in [-0.3, -0.25) is 4.79 Å². The van der Waals surface area contributed by atoms with E-state index in [1.165, 1.54) is 6.33 Å². The highest BCUT2D eigenvalue weighted by molar-refractivity contribution is 6.06. The lowest BCUT2D eigenvalue weighted by molar-refractivity contribution is 0.0165. The van der Waals surface area contributed by atoms with Crippen molar-refractivity contribution in [1.82, 2.24) is 19.5 Å². The van der Waals surface area contributed by atoms with Gasteiger partial charge in [0.05, 0.1) is 24.5 Å². The van der Waals surface area contributed by atoms with Gasteiger partial charge < -0.3 is 19.7 Å². The number of aliphatic hydroxyl groups is 1. The van der Waals surface area contributed by atoms with Crippen molar-refractivity contribution in [2.45, 2.75) is 6.04 Å². The molecule has 0 radical (unpaired) electrons. The van der Waals surface area contributed by atoms with Gasteiger partial charge in [-0.1, -0.05) is 43.0 Å². The van der Waals surface area contributed by atoms with Crippen LogP contribution in [-0.4, -0.2) is 49.7 Å². The number of hydrogen-bond donors (Lipinski definition) is 2. The van der Waals surface area contributed by atoms with Crippen molar-refractivity contribution in [2.24, 2.45) is 11.8 Å². The van der Waals surface area contributed by atoms with E-state index in [0.717, 1.165) is 5.57 Å². The molecule has 0 unspecified atom stereocenters. The smallest absolute Gasteiger partial charge is 0.338 e. The van der Waals surface area contributed by atoms with Crippen LogP contribution in [0.5, 0.6) is 0 Å². The molecule has 2 aromatic carbocycles. The Labute approximate surface area is 201 Å². The van der Waals surface area contributed by atoms with Crippen LogP contribution in [0.3, 0.4) is 0 Å². The summed E-state index contributed by atoms with van der Waals surface area (Å²) < 4.78 is 7.30. The van der Waals surface area contributed by atoms with Gasteiger partial charge in [0.25, 0.3) is 5.91 Å². The molecular weight excluding hydrogens is 446 g/mol. The largest absolute Gasteiger partial charge is 0.461 e. The summed E-state index contributed by atoms with van der Waals surface area (Å²) in [6, 6.07) is 17.3. The predicted molar refractivity (Wildman–Crippen MR) is 129 cm³/mol. The number of ether oxygens (including phenoxy) is 1. The number of carbonyl (C=O) groups is 2. The number of carbonyl (C=O) groups excluding carboxylic acids is 2. The zero-order valence-corrected chi connectivity index (χ0v) is 18.7. The third kappa shape index (κ3) is 4.17.